The van der Waals surface area contributed by atoms with Crippen LogP contribution in [-0.2, 0) is 0 Å². The monoisotopic (exact) mass is 266 g/mol. The van der Waals surface area contributed by atoms with E-state index >= 15 is 0 Å². The van der Waals surface area contributed by atoms with Crippen LogP contribution in [0, 0.1) is 0 Å². The maximum Gasteiger partial charge on any atom is 0.573 e. The zero-order chi connectivity index (χ0) is 13.9. The van der Waals surface area contributed by atoms with E-state index in [-0.39, 0.29) is 11.5 Å². The fourth-order valence-corrected chi connectivity index (χ4v) is 1.56. The van der Waals surface area contributed by atoms with Gasteiger partial charge in [0.25, 0.3) is 0 Å². The van der Waals surface area contributed by atoms with Gasteiger partial charge in [0.15, 0.2) is 5.78 Å². The lowest BCUT2D eigenvalue weighted by atomic mass is 10.0. The summed E-state index contributed by atoms with van der Waals surface area (Å²) in [5, 5.41) is 0. The van der Waals surface area contributed by atoms with E-state index in [0.29, 0.717) is 11.1 Å². The molecule has 19 heavy (non-hydrogen) atoms. The molecule has 5 heteroatoms. The molecule has 0 N–H and O–H groups in total. The van der Waals surface area contributed by atoms with Crippen LogP contribution < -0.4 is 4.74 Å². The van der Waals surface area contributed by atoms with E-state index in [9.17, 15) is 18.0 Å². The third kappa shape index (κ3) is 3.58. The Morgan fingerprint density at radius 1 is 0.842 bits per heavy atom. The number of alkyl halides is 3. The van der Waals surface area contributed by atoms with Gasteiger partial charge in [-0.15, -0.1) is 13.2 Å². The molecule has 2 nitrogen and oxygen atoms in total. The van der Waals surface area contributed by atoms with E-state index in [1.165, 1.54) is 12.1 Å². The lowest BCUT2D eigenvalue weighted by molar-refractivity contribution is -0.274. The zero-order valence-electron chi connectivity index (χ0n) is 9.65. The van der Waals surface area contributed by atoms with Gasteiger partial charge in [0.2, 0.25) is 0 Å². The van der Waals surface area contributed by atoms with Crippen LogP contribution in [-0.4, -0.2) is 12.1 Å². The van der Waals surface area contributed by atoms with Gasteiger partial charge in [-0.25, -0.2) is 0 Å². The van der Waals surface area contributed by atoms with Crippen molar-refractivity contribution in [2.75, 3.05) is 0 Å². The van der Waals surface area contributed by atoms with Gasteiger partial charge in [-0.3, -0.25) is 4.79 Å². The average Bonchev–Trinajstić information content (AvgIpc) is 2.38. The third-order valence-corrected chi connectivity index (χ3v) is 2.39. The summed E-state index contributed by atoms with van der Waals surface area (Å²) in [5.74, 6) is -0.601. The summed E-state index contributed by atoms with van der Waals surface area (Å²) < 4.78 is 39.7. The molecular weight excluding hydrogens is 257 g/mol. The number of carbonyl (C=O) groups excluding carboxylic acids is 1. The first-order valence-electron chi connectivity index (χ1n) is 5.41. The van der Waals surface area contributed by atoms with Gasteiger partial charge in [0, 0.05) is 11.1 Å². The maximum atomic E-state index is 12.0. The minimum absolute atomic E-state index is 0.251. The lowest BCUT2D eigenvalue weighted by Crippen LogP contribution is -2.17. The fraction of sp³-hybridized carbons (Fsp3) is 0.0714. The minimum Gasteiger partial charge on any atom is -0.406 e. The summed E-state index contributed by atoms with van der Waals surface area (Å²) in [6, 6.07) is 13.3. The van der Waals surface area contributed by atoms with Crippen LogP contribution in [0.1, 0.15) is 15.9 Å². The van der Waals surface area contributed by atoms with Gasteiger partial charge in [-0.05, 0) is 24.3 Å². The number of ketones is 1. The van der Waals surface area contributed by atoms with E-state index in [2.05, 4.69) is 4.74 Å². The van der Waals surface area contributed by atoms with Crippen LogP contribution in [0.2, 0.25) is 0 Å². The molecule has 0 saturated carbocycles. The molecule has 0 aliphatic heterocycles. The molecule has 0 heterocycles. The highest BCUT2D eigenvalue weighted by molar-refractivity contribution is 6.08. The molecule has 0 saturated heterocycles. The van der Waals surface area contributed by atoms with Gasteiger partial charge in [0.1, 0.15) is 5.75 Å². The highest BCUT2D eigenvalue weighted by atomic mass is 19.4. The Hall–Kier alpha value is -2.30. The van der Waals surface area contributed by atoms with Gasteiger partial charge >= 0.3 is 6.36 Å². The molecule has 0 aliphatic carbocycles. The fourth-order valence-electron chi connectivity index (χ4n) is 1.56. The molecule has 2 rings (SSSR count). The first-order valence-corrected chi connectivity index (χ1v) is 5.41. The molecule has 0 radical (unpaired) electrons. The van der Waals surface area contributed by atoms with E-state index in [1.54, 1.807) is 30.3 Å². The topological polar surface area (TPSA) is 26.3 Å². The van der Waals surface area contributed by atoms with Crippen molar-refractivity contribution < 1.29 is 22.7 Å². The largest absolute Gasteiger partial charge is 0.573 e. The number of halogens is 3. The number of rotatable bonds is 3. The molecular formula is C14H9F3O2. The average molecular weight is 266 g/mol. The highest BCUT2D eigenvalue weighted by Crippen LogP contribution is 2.23. The molecule has 0 atom stereocenters. The molecule has 2 aromatic carbocycles. The van der Waals surface area contributed by atoms with Gasteiger partial charge in [0.05, 0.1) is 0 Å². The second-order valence-electron chi connectivity index (χ2n) is 3.77. The first-order chi connectivity index (χ1) is 8.96. The molecule has 98 valence electrons. The summed E-state index contributed by atoms with van der Waals surface area (Å²) in [4.78, 5) is 12.0. The van der Waals surface area contributed by atoms with Crippen molar-refractivity contribution in [1.82, 2.24) is 0 Å². The number of ether oxygens (including phenoxy) is 1. The van der Waals surface area contributed by atoms with Gasteiger partial charge in [-0.1, -0.05) is 30.3 Å². The molecule has 0 amide bonds. The van der Waals surface area contributed by atoms with Gasteiger partial charge in [-0.2, -0.15) is 0 Å². The quantitative estimate of drug-likeness (QED) is 0.789. The van der Waals surface area contributed by atoms with E-state index in [4.69, 9.17) is 0 Å². The highest BCUT2D eigenvalue weighted by Gasteiger charge is 2.31. The Balaban J connectivity index is 2.17. The Bertz CT molecular complexity index is 559. The third-order valence-electron chi connectivity index (χ3n) is 2.39. The van der Waals surface area contributed by atoms with Crippen molar-refractivity contribution in [2.24, 2.45) is 0 Å². The molecule has 0 unspecified atom stereocenters. The Morgan fingerprint density at radius 3 is 1.89 bits per heavy atom. The van der Waals surface area contributed by atoms with Gasteiger partial charge < -0.3 is 4.74 Å². The Labute approximate surface area is 107 Å². The SMILES string of the molecule is O=C(c1ccccc1)c1ccc(OC(F)(F)F)cc1. The second kappa shape index (κ2) is 5.14. The van der Waals surface area contributed by atoms with Crippen LogP contribution in [0.4, 0.5) is 13.2 Å². The van der Waals surface area contributed by atoms with Crippen LogP contribution in [0.25, 0.3) is 0 Å². The Kier molecular flexibility index (Phi) is 3.55. The van der Waals surface area contributed by atoms with E-state index in [1.807, 2.05) is 0 Å². The van der Waals surface area contributed by atoms with Crippen molar-refractivity contribution in [3.63, 3.8) is 0 Å². The van der Waals surface area contributed by atoms with Crippen molar-refractivity contribution in [3.05, 3.63) is 65.7 Å². The summed E-state index contributed by atoms with van der Waals surface area (Å²) >= 11 is 0. The van der Waals surface area contributed by atoms with Crippen molar-refractivity contribution >= 4 is 5.78 Å². The molecule has 2 aromatic rings. The first kappa shape index (κ1) is 13.1. The molecule has 0 aliphatic rings. The normalized spacial score (nSPS) is 11.1. The predicted octanol–water partition coefficient (Wildman–Crippen LogP) is 3.82. The minimum atomic E-state index is -4.73. The second-order valence-corrected chi connectivity index (χ2v) is 3.77. The number of benzene rings is 2. The Morgan fingerprint density at radius 2 is 1.37 bits per heavy atom. The van der Waals surface area contributed by atoms with Crippen molar-refractivity contribution in [1.29, 1.82) is 0 Å². The van der Waals surface area contributed by atoms with E-state index in [0.717, 1.165) is 12.1 Å². The van der Waals surface area contributed by atoms with Crippen LogP contribution >= 0.6 is 0 Å². The van der Waals surface area contributed by atoms with Crippen LogP contribution in [0.15, 0.2) is 54.6 Å². The zero-order valence-corrected chi connectivity index (χ0v) is 9.65. The smallest absolute Gasteiger partial charge is 0.406 e. The standard InChI is InChI=1S/C14H9F3O2/c15-14(16,17)19-12-8-6-11(7-9-12)13(18)10-4-2-1-3-5-10/h1-9H. The van der Waals surface area contributed by atoms with Crippen LogP contribution in [0.5, 0.6) is 5.75 Å². The molecule has 0 fully saturated rings. The maximum absolute atomic E-state index is 12.0. The summed E-state index contributed by atoms with van der Waals surface area (Å²) in [7, 11) is 0. The van der Waals surface area contributed by atoms with Crippen molar-refractivity contribution in [2.45, 2.75) is 6.36 Å². The number of hydrogen-bond donors (Lipinski definition) is 0. The summed E-state index contributed by atoms with van der Waals surface area (Å²) in [6.45, 7) is 0. The molecule has 0 spiro atoms. The van der Waals surface area contributed by atoms with Crippen LogP contribution in [0.3, 0.4) is 0 Å². The number of carbonyl (C=O) groups is 1. The van der Waals surface area contributed by atoms with Crippen molar-refractivity contribution in [3.8, 4) is 5.75 Å². The lowest BCUT2D eigenvalue weighted by Gasteiger charge is -2.09. The predicted molar refractivity (Wildman–Crippen MR) is 63.0 cm³/mol. The molecule has 0 aromatic heterocycles. The summed E-state index contributed by atoms with van der Waals surface area (Å²) in [5.41, 5.74) is 0.785. The van der Waals surface area contributed by atoms with E-state index < -0.39 is 6.36 Å². The number of hydrogen-bond acceptors (Lipinski definition) is 2. The summed E-state index contributed by atoms with van der Waals surface area (Å²) in [6.07, 6.45) is -4.73. The molecule has 0 bridgehead atoms.